The van der Waals surface area contributed by atoms with Crippen LogP contribution in [0.15, 0.2) is 63.0 Å². The smallest absolute Gasteiger partial charge is 0.331 e. The van der Waals surface area contributed by atoms with E-state index in [2.05, 4.69) is 5.32 Å². The lowest BCUT2D eigenvalue weighted by Crippen LogP contribution is -2.40. The van der Waals surface area contributed by atoms with Gasteiger partial charge in [0.2, 0.25) is 0 Å². The van der Waals surface area contributed by atoms with Crippen molar-refractivity contribution in [3.8, 4) is 5.75 Å². The van der Waals surface area contributed by atoms with Gasteiger partial charge in [-0.15, -0.1) is 11.3 Å². The molecular weight excluding hydrogens is 561 g/mol. The summed E-state index contributed by atoms with van der Waals surface area (Å²) in [6.07, 6.45) is 0. The fourth-order valence-corrected chi connectivity index (χ4v) is 6.75. The highest BCUT2D eigenvalue weighted by molar-refractivity contribution is 7.91. The third kappa shape index (κ3) is 5.59. The number of sulfone groups is 1. The van der Waals surface area contributed by atoms with Crippen LogP contribution in [0.2, 0.25) is 10.0 Å². The molecule has 194 valence electrons. The molecule has 37 heavy (non-hydrogen) atoms. The Kier molecular flexibility index (Phi) is 7.79. The standard InChI is InChI=1S/C24H21Cl2N3O6S2/c1-28-23-17(12-19(36-23)21(30)27-13-14-4-3-5-16(10-14)35-2)22(31)29(24(28)32)8-9-37(33,34)20-7-6-15(25)11-18(20)26/h3-7,10-12H,8-9,13H2,1-2H3,(H,27,30). The van der Waals surface area contributed by atoms with E-state index in [1.54, 1.807) is 25.3 Å². The first-order chi connectivity index (χ1) is 17.5. The predicted molar refractivity (Wildman–Crippen MR) is 144 cm³/mol. The normalized spacial score (nSPS) is 11.6. The number of carbonyl (C=O) groups is 1. The summed E-state index contributed by atoms with van der Waals surface area (Å²) in [4.78, 5) is 39.2. The molecule has 2 aromatic heterocycles. The van der Waals surface area contributed by atoms with E-state index in [-0.39, 0.29) is 31.7 Å². The molecule has 1 N–H and O–H groups in total. The van der Waals surface area contributed by atoms with Crippen LogP contribution in [0.3, 0.4) is 0 Å². The molecule has 0 unspecified atom stereocenters. The minimum atomic E-state index is -3.92. The summed E-state index contributed by atoms with van der Waals surface area (Å²) < 4.78 is 32.9. The fraction of sp³-hybridized carbons (Fsp3) is 0.208. The van der Waals surface area contributed by atoms with Crippen LogP contribution in [-0.2, 0) is 30.0 Å². The number of nitrogens with zero attached hydrogens (tertiary/aromatic N) is 2. The zero-order valence-corrected chi connectivity index (χ0v) is 22.8. The highest BCUT2D eigenvalue weighted by Gasteiger charge is 2.22. The van der Waals surface area contributed by atoms with Gasteiger partial charge in [-0.25, -0.2) is 13.2 Å². The number of carbonyl (C=O) groups excluding carboxylic acids is 1. The van der Waals surface area contributed by atoms with Crippen LogP contribution in [0.1, 0.15) is 15.2 Å². The predicted octanol–water partition coefficient (Wildman–Crippen LogP) is 3.48. The highest BCUT2D eigenvalue weighted by atomic mass is 35.5. The van der Waals surface area contributed by atoms with Crippen LogP contribution in [0, 0.1) is 0 Å². The molecule has 2 aromatic carbocycles. The Hall–Kier alpha value is -3.12. The van der Waals surface area contributed by atoms with Crippen molar-refractivity contribution in [3.63, 3.8) is 0 Å². The Morgan fingerprint density at radius 2 is 1.86 bits per heavy atom. The van der Waals surface area contributed by atoms with E-state index in [9.17, 15) is 22.8 Å². The van der Waals surface area contributed by atoms with E-state index >= 15 is 0 Å². The average Bonchev–Trinajstić information content (AvgIpc) is 3.32. The number of ether oxygens (including phenoxy) is 1. The van der Waals surface area contributed by atoms with Gasteiger partial charge in [-0.3, -0.25) is 18.7 Å². The van der Waals surface area contributed by atoms with Gasteiger partial charge in [0.25, 0.3) is 11.5 Å². The third-order valence-corrected chi connectivity index (χ3v) is 9.25. The van der Waals surface area contributed by atoms with E-state index in [1.807, 2.05) is 6.07 Å². The van der Waals surface area contributed by atoms with Crippen molar-refractivity contribution < 1.29 is 17.9 Å². The van der Waals surface area contributed by atoms with E-state index in [4.69, 9.17) is 27.9 Å². The SMILES string of the molecule is COc1cccc(CNC(=O)c2cc3c(=O)n(CCS(=O)(=O)c4ccc(Cl)cc4Cl)c(=O)n(C)c3s2)c1. The van der Waals surface area contributed by atoms with Crippen LogP contribution < -0.4 is 21.3 Å². The minimum absolute atomic E-state index is 0.0503. The molecular formula is C24H21Cl2N3O6S2. The van der Waals surface area contributed by atoms with E-state index in [1.165, 1.54) is 35.9 Å². The molecule has 0 spiro atoms. The molecule has 0 radical (unpaired) electrons. The molecule has 4 rings (SSSR count). The van der Waals surface area contributed by atoms with Crippen LogP contribution >= 0.6 is 34.5 Å². The van der Waals surface area contributed by atoms with Gasteiger partial charge in [0.05, 0.1) is 33.0 Å². The zero-order valence-electron chi connectivity index (χ0n) is 19.7. The topological polar surface area (TPSA) is 116 Å². The number of aromatic nitrogens is 2. The van der Waals surface area contributed by atoms with Gasteiger partial charge in [0, 0.05) is 25.2 Å². The first-order valence-electron chi connectivity index (χ1n) is 10.8. The monoisotopic (exact) mass is 581 g/mol. The van der Waals surface area contributed by atoms with Crippen molar-refractivity contribution in [2.45, 2.75) is 18.0 Å². The number of hydrogen-bond acceptors (Lipinski definition) is 7. The van der Waals surface area contributed by atoms with Crippen molar-refractivity contribution in [2.24, 2.45) is 7.05 Å². The minimum Gasteiger partial charge on any atom is -0.497 e. The first kappa shape index (κ1) is 26.9. The summed E-state index contributed by atoms with van der Waals surface area (Å²) >= 11 is 12.9. The van der Waals surface area contributed by atoms with Crippen LogP contribution in [-0.4, -0.2) is 36.3 Å². The maximum atomic E-state index is 13.1. The van der Waals surface area contributed by atoms with Gasteiger partial charge in [-0.05, 0) is 42.0 Å². The Labute approximate surface area is 225 Å². The second kappa shape index (κ2) is 10.7. The molecule has 0 aliphatic rings. The van der Waals surface area contributed by atoms with Gasteiger partial charge >= 0.3 is 5.69 Å². The number of hydrogen-bond donors (Lipinski definition) is 1. The fourth-order valence-electron chi connectivity index (χ4n) is 3.69. The Morgan fingerprint density at radius 1 is 1.11 bits per heavy atom. The lowest BCUT2D eigenvalue weighted by Gasteiger charge is -2.10. The molecule has 0 fully saturated rings. The van der Waals surface area contributed by atoms with E-state index < -0.39 is 39.3 Å². The van der Waals surface area contributed by atoms with Crippen molar-refractivity contribution in [1.29, 1.82) is 0 Å². The van der Waals surface area contributed by atoms with Gasteiger partial charge in [0.1, 0.15) is 10.6 Å². The molecule has 2 heterocycles. The molecule has 0 bridgehead atoms. The number of rotatable bonds is 8. The molecule has 0 aliphatic carbocycles. The number of halogens is 2. The molecule has 0 atom stereocenters. The number of nitrogens with one attached hydrogen (secondary N) is 1. The molecule has 4 aromatic rings. The number of amides is 1. The first-order valence-corrected chi connectivity index (χ1v) is 14.1. The Balaban J connectivity index is 1.59. The molecule has 9 nitrogen and oxygen atoms in total. The summed E-state index contributed by atoms with van der Waals surface area (Å²) in [5, 5.41) is 3.15. The second-order valence-electron chi connectivity index (χ2n) is 8.06. The van der Waals surface area contributed by atoms with Gasteiger partial charge < -0.3 is 10.1 Å². The summed E-state index contributed by atoms with van der Waals surface area (Å²) in [5.74, 6) is -0.292. The van der Waals surface area contributed by atoms with Crippen LogP contribution in [0.4, 0.5) is 0 Å². The van der Waals surface area contributed by atoms with Gasteiger partial charge in [-0.2, -0.15) is 0 Å². The number of benzene rings is 2. The lowest BCUT2D eigenvalue weighted by atomic mass is 10.2. The number of thiophene rings is 1. The lowest BCUT2D eigenvalue weighted by molar-refractivity contribution is 0.0955. The number of methoxy groups -OCH3 is 1. The Morgan fingerprint density at radius 3 is 2.57 bits per heavy atom. The summed E-state index contributed by atoms with van der Waals surface area (Å²) in [7, 11) is -0.914. The van der Waals surface area contributed by atoms with Crippen molar-refractivity contribution in [1.82, 2.24) is 14.5 Å². The molecule has 13 heteroatoms. The molecule has 0 aliphatic heterocycles. The van der Waals surface area contributed by atoms with Crippen LogP contribution in [0.5, 0.6) is 5.75 Å². The molecule has 0 saturated carbocycles. The van der Waals surface area contributed by atoms with Crippen molar-refractivity contribution >= 4 is 60.5 Å². The summed E-state index contributed by atoms with van der Waals surface area (Å²) in [6.45, 7) is -0.158. The number of fused-ring (bicyclic) bond motifs is 1. The maximum Gasteiger partial charge on any atom is 0.331 e. The van der Waals surface area contributed by atoms with Crippen molar-refractivity contribution in [3.05, 3.63) is 89.9 Å². The van der Waals surface area contributed by atoms with Gasteiger partial charge in [0.15, 0.2) is 9.84 Å². The largest absolute Gasteiger partial charge is 0.497 e. The van der Waals surface area contributed by atoms with Crippen LogP contribution in [0.25, 0.3) is 10.2 Å². The average molecular weight is 582 g/mol. The van der Waals surface area contributed by atoms with E-state index in [0.29, 0.717) is 10.6 Å². The Bertz CT molecular complexity index is 1740. The zero-order chi connectivity index (χ0) is 26.9. The second-order valence-corrected chi connectivity index (χ2v) is 12.0. The summed E-state index contributed by atoms with van der Waals surface area (Å²) in [5.41, 5.74) is -0.552. The van der Waals surface area contributed by atoms with Crippen molar-refractivity contribution in [2.75, 3.05) is 12.9 Å². The quantitative estimate of drug-likeness (QED) is 0.340. The van der Waals surface area contributed by atoms with E-state index in [0.717, 1.165) is 21.5 Å². The maximum absolute atomic E-state index is 13.1. The summed E-state index contributed by atoms with van der Waals surface area (Å²) in [6, 6.07) is 12.6. The van der Waals surface area contributed by atoms with Gasteiger partial charge in [-0.1, -0.05) is 35.3 Å². The third-order valence-electron chi connectivity index (χ3n) is 5.63. The number of aryl methyl sites for hydroxylation is 1. The molecule has 1 amide bonds. The highest BCUT2D eigenvalue weighted by Crippen LogP contribution is 2.26. The molecule has 0 saturated heterocycles.